The van der Waals surface area contributed by atoms with E-state index in [0.717, 1.165) is 16.5 Å². The first-order valence-corrected chi connectivity index (χ1v) is 6.48. The SMILES string of the molecule is N[C@H](Cc1c[nH]c2ccccc12)C(=O)NCC(O)C(=O)O. The predicted molar refractivity (Wildman–Crippen MR) is 76.6 cm³/mol. The summed E-state index contributed by atoms with van der Waals surface area (Å²) in [5, 5.41) is 20.9. The summed E-state index contributed by atoms with van der Waals surface area (Å²) in [5.74, 6) is -1.89. The molecule has 0 saturated carbocycles. The second-order valence-electron chi connectivity index (χ2n) is 4.77. The maximum Gasteiger partial charge on any atom is 0.334 e. The van der Waals surface area contributed by atoms with E-state index in [1.165, 1.54) is 0 Å². The maximum absolute atomic E-state index is 11.8. The lowest BCUT2D eigenvalue weighted by Crippen LogP contribution is -2.45. The molecule has 0 radical (unpaired) electrons. The molecule has 2 atom stereocenters. The van der Waals surface area contributed by atoms with Crippen LogP contribution in [0.3, 0.4) is 0 Å². The van der Waals surface area contributed by atoms with E-state index in [1.54, 1.807) is 6.20 Å². The molecule has 0 fully saturated rings. The fourth-order valence-electron chi connectivity index (χ4n) is 2.05. The fraction of sp³-hybridized carbons (Fsp3) is 0.286. The first kappa shape index (κ1) is 15.0. The molecule has 2 aromatic rings. The molecular weight excluding hydrogens is 274 g/mol. The van der Waals surface area contributed by atoms with Crippen LogP contribution >= 0.6 is 0 Å². The molecule has 7 nitrogen and oxygen atoms in total. The smallest absolute Gasteiger partial charge is 0.334 e. The zero-order valence-corrected chi connectivity index (χ0v) is 11.2. The van der Waals surface area contributed by atoms with Gasteiger partial charge in [0.15, 0.2) is 6.10 Å². The van der Waals surface area contributed by atoms with Gasteiger partial charge in [-0.25, -0.2) is 4.79 Å². The highest BCUT2D eigenvalue weighted by atomic mass is 16.4. The van der Waals surface area contributed by atoms with Gasteiger partial charge in [-0.2, -0.15) is 0 Å². The number of H-pyrrole nitrogens is 1. The molecule has 1 aromatic carbocycles. The van der Waals surface area contributed by atoms with Crippen molar-refractivity contribution in [3.8, 4) is 0 Å². The molecule has 0 aliphatic rings. The third-order valence-corrected chi connectivity index (χ3v) is 3.21. The molecule has 0 aliphatic heterocycles. The Bertz CT molecular complexity index is 652. The van der Waals surface area contributed by atoms with Crippen molar-refractivity contribution in [3.05, 3.63) is 36.0 Å². The Morgan fingerprint density at radius 3 is 2.76 bits per heavy atom. The van der Waals surface area contributed by atoms with E-state index in [9.17, 15) is 9.59 Å². The number of aromatic amines is 1. The predicted octanol–water partition coefficient (Wildman–Crippen LogP) is -0.401. The molecule has 6 N–H and O–H groups in total. The van der Waals surface area contributed by atoms with E-state index in [2.05, 4.69) is 10.3 Å². The van der Waals surface area contributed by atoms with E-state index in [4.69, 9.17) is 15.9 Å². The number of nitrogens with one attached hydrogen (secondary N) is 2. The number of hydrogen-bond acceptors (Lipinski definition) is 4. The Kier molecular flexibility index (Phi) is 4.56. The van der Waals surface area contributed by atoms with Gasteiger partial charge in [0, 0.05) is 17.1 Å². The number of rotatable bonds is 6. The van der Waals surface area contributed by atoms with E-state index in [1.807, 2.05) is 24.3 Å². The van der Waals surface area contributed by atoms with E-state index in [-0.39, 0.29) is 6.54 Å². The lowest BCUT2D eigenvalue weighted by atomic mass is 10.1. The molecule has 1 heterocycles. The molecule has 112 valence electrons. The summed E-state index contributed by atoms with van der Waals surface area (Å²) in [6.07, 6.45) is 0.484. The van der Waals surface area contributed by atoms with Gasteiger partial charge in [-0.1, -0.05) is 18.2 Å². The van der Waals surface area contributed by atoms with Gasteiger partial charge in [-0.3, -0.25) is 4.79 Å². The van der Waals surface area contributed by atoms with Crippen molar-refractivity contribution in [1.82, 2.24) is 10.3 Å². The van der Waals surface area contributed by atoms with Crippen molar-refractivity contribution in [2.45, 2.75) is 18.6 Å². The van der Waals surface area contributed by atoms with Gasteiger partial charge < -0.3 is 26.2 Å². The highest BCUT2D eigenvalue weighted by molar-refractivity contribution is 5.86. The molecule has 0 bridgehead atoms. The second kappa shape index (κ2) is 6.38. The summed E-state index contributed by atoms with van der Waals surface area (Å²) in [6, 6.07) is 6.84. The van der Waals surface area contributed by atoms with E-state index < -0.39 is 24.0 Å². The van der Waals surface area contributed by atoms with Crippen LogP contribution in [0.15, 0.2) is 30.5 Å². The topological polar surface area (TPSA) is 128 Å². The van der Waals surface area contributed by atoms with Crippen molar-refractivity contribution in [3.63, 3.8) is 0 Å². The third-order valence-electron chi connectivity index (χ3n) is 3.21. The Morgan fingerprint density at radius 1 is 1.33 bits per heavy atom. The van der Waals surface area contributed by atoms with Crippen molar-refractivity contribution >= 4 is 22.8 Å². The second-order valence-corrected chi connectivity index (χ2v) is 4.77. The monoisotopic (exact) mass is 291 g/mol. The minimum atomic E-state index is -1.63. The van der Waals surface area contributed by atoms with Crippen LogP contribution in [0.2, 0.25) is 0 Å². The maximum atomic E-state index is 11.8. The minimum absolute atomic E-state index is 0.318. The lowest BCUT2D eigenvalue weighted by molar-refractivity contribution is -0.146. The van der Waals surface area contributed by atoms with Crippen LogP contribution in [-0.4, -0.2) is 45.8 Å². The average molecular weight is 291 g/mol. The van der Waals surface area contributed by atoms with Crippen molar-refractivity contribution in [1.29, 1.82) is 0 Å². The summed E-state index contributed by atoms with van der Waals surface area (Å²) in [4.78, 5) is 25.3. The normalized spacial score (nSPS) is 13.8. The van der Waals surface area contributed by atoms with Gasteiger partial charge in [0.25, 0.3) is 0 Å². The first-order valence-electron chi connectivity index (χ1n) is 6.48. The van der Waals surface area contributed by atoms with Crippen molar-refractivity contribution < 1.29 is 19.8 Å². The molecule has 7 heteroatoms. The van der Waals surface area contributed by atoms with E-state index >= 15 is 0 Å². The van der Waals surface area contributed by atoms with Gasteiger partial charge >= 0.3 is 5.97 Å². The highest BCUT2D eigenvalue weighted by Gasteiger charge is 2.19. The van der Waals surface area contributed by atoms with Crippen LogP contribution in [0.5, 0.6) is 0 Å². The van der Waals surface area contributed by atoms with Gasteiger partial charge in [-0.15, -0.1) is 0 Å². The fourth-order valence-corrected chi connectivity index (χ4v) is 2.05. The van der Waals surface area contributed by atoms with E-state index in [0.29, 0.717) is 6.42 Å². The molecule has 0 saturated heterocycles. The largest absolute Gasteiger partial charge is 0.479 e. The van der Waals surface area contributed by atoms with Crippen LogP contribution in [0.25, 0.3) is 10.9 Å². The number of aromatic nitrogens is 1. The standard InChI is InChI=1S/C14H17N3O4/c15-10(13(19)17-7-12(18)14(20)21)5-8-6-16-11-4-2-1-3-9(8)11/h1-4,6,10,12,16,18H,5,7,15H2,(H,17,19)(H,20,21)/t10-,12?/m1/s1. The number of carboxylic acids is 1. The number of amides is 1. The third kappa shape index (κ3) is 3.59. The summed E-state index contributed by atoms with van der Waals surface area (Å²) in [6.45, 7) is -0.365. The van der Waals surface area contributed by atoms with Gasteiger partial charge in [0.1, 0.15) is 0 Å². The molecule has 21 heavy (non-hydrogen) atoms. The molecule has 2 rings (SSSR count). The number of carbonyl (C=O) groups is 2. The quantitative estimate of drug-likeness (QED) is 0.494. The summed E-state index contributed by atoms with van der Waals surface area (Å²) in [7, 11) is 0. The molecular formula is C14H17N3O4. The molecule has 1 unspecified atom stereocenters. The Hall–Kier alpha value is -2.38. The Labute approximate surface area is 120 Å². The number of aliphatic hydroxyl groups excluding tert-OH is 1. The average Bonchev–Trinajstić information content (AvgIpc) is 2.87. The van der Waals surface area contributed by atoms with Crippen LogP contribution in [0.1, 0.15) is 5.56 Å². The number of carboxylic acid groups (broad SMARTS) is 1. The van der Waals surface area contributed by atoms with Crippen molar-refractivity contribution in [2.24, 2.45) is 5.73 Å². The van der Waals surface area contributed by atoms with Crippen LogP contribution in [0.4, 0.5) is 0 Å². The number of nitrogens with two attached hydrogens (primary N) is 1. The highest BCUT2D eigenvalue weighted by Crippen LogP contribution is 2.18. The number of carbonyl (C=O) groups excluding carboxylic acids is 1. The van der Waals surface area contributed by atoms with Crippen LogP contribution < -0.4 is 11.1 Å². The first-order chi connectivity index (χ1) is 9.99. The number of benzene rings is 1. The number of para-hydroxylation sites is 1. The van der Waals surface area contributed by atoms with Gasteiger partial charge in [0.05, 0.1) is 12.6 Å². The number of aliphatic carboxylic acids is 1. The van der Waals surface area contributed by atoms with Gasteiger partial charge in [0.2, 0.25) is 5.91 Å². The zero-order valence-electron chi connectivity index (χ0n) is 11.2. The molecule has 0 aliphatic carbocycles. The number of fused-ring (bicyclic) bond motifs is 1. The summed E-state index contributed by atoms with van der Waals surface area (Å²) < 4.78 is 0. The molecule has 1 aromatic heterocycles. The Balaban J connectivity index is 1.96. The molecule has 1 amide bonds. The van der Waals surface area contributed by atoms with Gasteiger partial charge in [-0.05, 0) is 18.1 Å². The van der Waals surface area contributed by atoms with Crippen molar-refractivity contribution in [2.75, 3.05) is 6.54 Å². The van der Waals surface area contributed by atoms with Crippen LogP contribution in [0, 0.1) is 0 Å². The summed E-state index contributed by atoms with van der Waals surface area (Å²) >= 11 is 0. The Morgan fingerprint density at radius 2 is 2.05 bits per heavy atom. The minimum Gasteiger partial charge on any atom is -0.479 e. The number of aliphatic hydroxyl groups is 1. The van der Waals surface area contributed by atoms with Crippen LogP contribution in [-0.2, 0) is 16.0 Å². The number of hydrogen-bond donors (Lipinski definition) is 5. The summed E-state index contributed by atoms with van der Waals surface area (Å²) in [5.41, 5.74) is 7.68. The zero-order chi connectivity index (χ0) is 15.4. The molecule has 0 spiro atoms. The lowest BCUT2D eigenvalue weighted by Gasteiger charge is -2.13.